The molecule has 10 heteroatoms. The number of carbonyl (C=O) groups is 3. The zero-order chi connectivity index (χ0) is 31.5. The van der Waals surface area contributed by atoms with E-state index in [4.69, 9.17) is 9.47 Å². The average molecular weight is 661 g/mol. The van der Waals surface area contributed by atoms with Gasteiger partial charge in [-0.15, -0.1) is 13.2 Å². The van der Waals surface area contributed by atoms with E-state index in [1.165, 1.54) is 4.90 Å². The molecule has 0 radical (unpaired) electrons. The van der Waals surface area contributed by atoms with Crippen LogP contribution < -0.4 is 9.80 Å². The predicted octanol–water partition coefficient (Wildman–Crippen LogP) is 4.33. The first kappa shape index (κ1) is 33.2. The van der Waals surface area contributed by atoms with Crippen LogP contribution in [0.2, 0.25) is 0 Å². The van der Waals surface area contributed by atoms with Gasteiger partial charge in [0, 0.05) is 35.8 Å². The number of fused-ring (bicyclic) bond motifs is 1. The molecule has 3 aliphatic heterocycles. The van der Waals surface area contributed by atoms with Crippen molar-refractivity contribution < 1.29 is 29.0 Å². The molecule has 0 aromatic heterocycles. The number of aliphatic hydroxyl groups excluding tert-OH is 1. The fourth-order valence-corrected chi connectivity index (χ4v) is 8.10. The first-order valence-electron chi connectivity index (χ1n) is 15.4. The molecule has 1 N–H and O–H groups in total. The molecule has 3 saturated heterocycles. The van der Waals surface area contributed by atoms with E-state index in [-0.39, 0.29) is 42.3 Å². The third-order valence-corrected chi connectivity index (χ3v) is 10.4. The van der Waals surface area contributed by atoms with Gasteiger partial charge in [0.25, 0.3) is 5.91 Å². The van der Waals surface area contributed by atoms with Crippen LogP contribution in [-0.4, -0.2) is 89.3 Å². The van der Waals surface area contributed by atoms with Crippen LogP contribution in [0.15, 0.2) is 49.6 Å². The van der Waals surface area contributed by atoms with E-state index in [1.807, 2.05) is 38.1 Å². The Labute approximate surface area is 264 Å². The lowest BCUT2D eigenvalue weighted by Gasteiger charge is -2.41. The van der Waals surface area contributed by atoms with Crippen LogP contribution in [0.3, 0.4) is 0 Å². The number of hydrogen-bond donors (Lipinski definition) is 1. The SMILES string of the molecule is C=CCCOC(=O)[C@H]1[C@@H]2OC3(CC2Br)C(C(=O)N(CC=C)c2ccc(N(CC)CC)cc2)N([C@@H](CO)[C@@H](C)CC)C(=O)[C@H]13. The van der Waals surface area contributed by atoms with Crippen molar-refractivity contribution in [2.45, 2.75) is 75.6 Å². The molecule has 1 aromatic carbocycles. The van der Waals surface area contributed by atoms with Crippen molar-refractivity contribution in [3.05, 3.63) is 49.6 Å². The summed E-state index contributed by atoms with van der Waals surface area (Å²) in [5.41, 5.74) is 0.461. The first-order valence-corrected chi connectivity index (χ1v) is 16.4. The van der Waals surface area contributed by atoms with Crippen LogP contribution in [0, 0.1) is 17.8 Å². The second-order valence-corrected chi connectivity index (χ2v) is 12.9. The average Bonchev–Trinajstić information content (AvgIpc) is 3.60. The van der Waals surface area contributed by atoms with E-state index in [2.05, 4.69) is 47.8 Å². The smallest absolute Gasteiger partial charge is 0.312 e. The summed E-state index contributed by atoms with van der Waals surface area (Å²) in [5, 5.41) is 10.6. The summed E-state index contributed by atoms with van der Waals surface area (Å²) in [6, 6.07) is 6.11. The second-order valence-electron chi connectivity index (χ2n) is 11.7. The molecule has 8 atom stereocenters. The molecule has 2 bridgehead atoms. The highest BCUT2D eigenvalue weighted by Crippen LogP contribution is 2.61. The molecule has 4 rings (SSSR count). The van der Waals surface area contributed by atoms with Gasteiger partial charge in [-0.05, 0) is 56.9 Å². The van der Waals surface area contributed by atoms with Crippen LogP contribution >= 0.6 is 15.9 Å². The number of alkyl halides is 1. The van der Waals surface area contributed by atoms with Crippen molar-refractivity contribution in [2.75, 3.05) is 42.6 Å². The Balaban J connectivity index is 1.80. The summed E-state index contributed by atoms with van der Waals surface area (Å²) >= 11 is 3.70. The molecule has 3 aliphatic rings. The quantitative estimate of drug-likeness (QED) is 0.130. The lowest BCUT2D eigenvalue weighted by atomic mass is 9.70. The first-order chi connectivity index (χ1) is 20.6. The van der Waals surface area contributed by atoms with Crippen molar-refractivity contribution in [3.8, 4) is 0 Å². The Morgan fingerprint density at radius 1 is 1.19 bits per heavy atom. The van der Waals surface area contributed by atoms with Crippen molar-refractivity contribution in [1.29, 1.82) is 0 Å². The molecule has 3 fully saturated rings. The highest BCUT2D eigenvalue weighted by atomic mass is 79.9. The lowest BCUT2D eigenvalue weighted by molar-refractivity contribution is -0.156. The highest BCUT2D eigenvalue weighted by molar-refractivity contribution is 9.09. The van der Waals surface area contributed by atoms with E-state index >= 15 is 0 Å². The van der Waals surface area contributed by atoms with E-state index in [1.54, 1.807) is 17.1 Å². The number of ether oxygens (including phenoxy) is 2. The number of anilines is 2. The van der Waals surface area contributed by atoms with Crippen LogP contribution in [0.25, 0.3) is 0 Å². The molecule has 3 unspecified atom stereocenters. The van der Waals surface area contributed by atoms with Gasteiger partial charge in [-0.25, -0.2) is 0 Å². The van der Waals surface area contributed by atoms with Crippen LogP contribution in [0.5, 0.6) is 0 Å². The number of hydrogen-bond acceptors (Lipinski definition) is 7. The molecule has 3 heterocycles. The lowest BCUT2D eigenvalue weighted by Crippen LogP contribution is -2.60. The summed E-state index contributed by atoms with van der Waals surface area (Å²) in [7, 11) is 0. The van der Waals surface area contributed by atoms with Crippen LogP contribution in [0.4, 0.5) is 11.4 Å². The van der Waals surface area contributed by atoms with Crippen LogP contribution in [0.1, 0.15) is 47.0 Å². The van der Waals surface area contributed by atoms with Gasteiger partial charge in [0.15, 0.2) is 0 Å². The minimum Gasteiger partial charge on any atom is -0.465 e. The minimum atomic E-state index is -1.25. The molecule has 0 aliphatic carbocycles. The predicted molar refractivity (Wildman–Crippen MR) is 171 cm³/mol. The largest absolute Gasteiger partial charge is 0.465 e. The number of carbonyl (C=O) groups excluding carboxylic acids is 3. The fraction of sp³-hybridized carbons (Fsp3) is 0.606. The summed E-state index contributed by atoms with van der Waals surface area (Å²) < 4.78 is 12.2. The van der Waals surface area contributed by atoms with Gasteiger partial charge >= 0.3 is 5.97 Å². The van der Waals surface area contributed by atoms with Crippen molar-refractivity contribution >= 4 is 45.1 Å². The zero-order valence-electron chi connectivity index (χ0n) is 25.8. The van der Waals surface area contributed by atoms with Crippen molar-refractivity contribution in [1.82, 2.24) is 4.90 Å². The topological polar surface area (TPSA) is 99.6 Å². The van der Waals surface area contributed by atoms with Gasteiger partial charge in [0.2, 0.25) is 5.91 Å². The molecule has 9 nitrogen and oxygen atoms in total. The second kappa shape index (κ2) is 13.9. The van der Waals surface area contributed by atoms with E-state index in [9.17, 15) is 19.5 Å². The maximum absolute atomic E-state index is 14.8. The van der Waals surface area contributed by atoms with Gasteiger partial charge in [-0.1, -0.05) is 48.4 Å². The third-order valence-electron chi connectivity index (χ3n) is 9.51. The van der Waals surface area contributed by atoms with Gasteiger partial charge < -0.3 is 29.3 Å². The standard InChI is InChI=1S/C33H46BrN3O6/c1-7-12-18-42-32(41)26-27-30(39)37(25(20-38)21(6)9-3)29(33(27)19-24(34)28(26)43-33)31(40)36(17-8-2)23-15-13-22(14-16-23)35(10-4)11-5/h7-8,13-16,21,24-29,38H,1-2,9-12,17-20H2,3-6H3/t21-,24?,25-,26+,27-,28+,29?,33?/m0/s1. The Morgan fingerprint density at radius 2 is 1.84 bits per heavy atom. The molecule has 43 heavy (non-hydrogen) atoms. The summed E-state index contributed by atoms with van der Waals surface area (Å²) in [6.45, 7) is 17.5. The van der Waals surface area contributed by atoms with Gasteiger partial charge in [0.1, 0.15) is 11.6 Å². The van der Waals surface area contributed by atoms with Crippen molar-refractivity contribution in [3.63, 3.8) is 0 Å². The van der Waals surface area contributed by atoms with Crippen LogP contribution in [-0.2, 0) is 23.9 Å². The molecule has 1 aromatic rings. The summed E-state index contributed by atoms with van der Waals surface area (Å²) in [6.07, 6.45) is 4.26. The highest BCUT2D eigenvalue weighted by Gasteiger charge is 2.77. The zero-order valence-corrected chi connectivity index (χ0v) is 27.4. The molecular weight excluding hydrogens is 614 g/mol. The Morgan fingerprint density at radius 3 is 2.40 bits per heavy atom. The molecule has 0 saturated carbocycles. The third kappa shape index (κ3) is 5.78. The fourth-order valence-electron chi connectivity index (χ4n) is 7.16. The Kier molecular flexibility index (Phi) is 10.8. The molecule has 2 amide bonds. The monoisotopic (exact) mass is 659 g/mol. The minimum absolute atomic E-state index is 0.101. The number of nitrogens with zero attached hydrogens (tertiary/aromatic N) is 3. The van der Waals surface area contributed by atoms with E-state index in [0.29, 0.717) is 24.9 Å². The van der Waals surface area contributed by atoms with E-state index < -0.39 is 41.6 Å². The number of aliphatic hydroxyl groups is 1. The maximum Gasteiger partial charge on any atom is 0.312 e. The number of esters is 1. The Hall–Kier alpha value is -2.69. The van der Waals surface area contributed by atoms with Gasteiger partial charge in [-0.3, -0.25) is 14.4 Å². The number of amides is 2. The number of likely N-dealkylation sites (tertiary alicyclic amines) is 1. The summed E-state index contributed by atoms with van der Waals surface area (Å²) in [5.74, 6) is -3.05. The molecule has 1 spiro atoms. The number of rotatable bonds is 15. The molecular formula is C33H46BrN3O6. The normalized spacial score (nSPS) is 28.7. The number of benzene rings is 1. The van der Waals surface area contributed by atoms with Crippen molar-refractivity contribution in [2.24, 2.45) is 17.8 Å². The number of halogens is 1. The molecule has 236 valence electrons. The maximum atomic E-state index is 14.8. The summed E-state index contributed by atoms with van der Waals surface area (Å²) in [4.78, 5) is 47.9. The Bertz CT molecular complexity index is 1190. The van der Waals surface area contributed by atoms with Gasteiger partial charge in [0.05, 0.1) is 37.2 Å². The van der Waals surface area contributed by atoms with Gasteiger partial charge in [-0.2, -0.15) is 0 Å². The van der Waals surface area contributed by atoms with E-state index in [0.717, 1.165) is 18.8 Å².